The fourth-order valence-electron chi connectivity index (χ4n) is 5.06. The SMILES string of the molecule is COCCOc1ccc(N2C(=S)NC(c3ccccn3)C2c2cc(C)n(-c3cccc(Cl)c3Cl)c2C)cc1Cl. The lowest BCUT2D eigenvalue weighted by Gasteiger charge is -2.28. The second-order valence-electron chi connectivity index (χ2n) is 9.19. The number of nitrogens with one attached hydrogen (secondary N) is 1. The summed E-state index contributed by atoms with van der Waals surface area (Å²) in [5.41, 5.74) is 5.64. The van der Waals surface area contributed by atoms with E-state index >= 15 is 0 Å². The Labute approximate surface area is 248 Å². The number of benzene rings is 2. The summed E-state index contributed by atoms with van der Waals surface area (Å²) in [7, 11) is 1.63. The zero-order valence-electron chi connectivity index (χ0n) is 21.6. The lowest BCUT2D eigenvalue weighted by Crippen LogP contribution is -2.29. The monoisotopic (exact) mass is 600 g/mol. The first-order valence-corrected chi connectivity index (χ1v) is 13.9. The molecule has 2 aromatic carbocycles. The topological polar surface area (TPSA) is 51.6 Å². The summed E-state index contributed by atoms with van der Waals surface area (Å²) in [6, 6.07) is 19.0. The molecule has 1 saturated heterocycles. The normalized spacial score (nSPS) is 17.0. The third-order valence-corrected chi connectivity index (χ3v) is 8.22. The van der Waals surface area contributed by atoms with Gasteiger partial charge in [-0.2, -0.15) is 0 Å². The van der Waals surface area contributed by atoms with Crippen molar-refractivity contribution in [1.29, 1.82) is 0 Å². The van der Waals surface area contributed by atoms with Crippen LogP contribution in [0.1, 0.15) is 34.7 Å². The molecule has 2 unspecified atom stereocenters. The van der Waals surface area contributed by atoms with Crippen LogP contribution in [0.2, 0.25) is 15.1 Å². The molecule has 1 N–H and O–H groups in total. The van der Waals surface area contributed by atoms with E-state index in [0.717, 1.165) is 34.0 Å². The van der Waals surface area contributed by atoms with Crippen molar-refractivity contribution in [3.63, 3.8) is 0 Å². The molecule has 1 aliphatic heterocycles. The fraction of sp³-hybridized carbons (Fsp3) is 0.241. The minimum Gasteiger partial charge on any atom is -0.490 e. The number of methoxy groups -OCH3 is 1. The van der Waals surface area contributed by atoms with Crippen LogP contribution in [0.4, 0.5) is 5.69 Å². The third kappa shape index (κ3) is 5.34. The number of pyridine rings is 1. The predicted octanol–water partition coefficient (Wildman–Crippen LogP) is 7.65. The average molecular weight is 602 g/mol. The molecule has 10 heteroatoms. The number of thiocarbonyl (C=S) groups is 1. The average Bonchev–Trinajstić information content (AvgIpc) is 3.42. The van der Waals surface area contributed by atoms with Crippen LogP contribution in [-0.4, -0.2) is 35.0 Å². The summed E-state index contributed by atoms with van der Waals surface area (Å²) >= 11 is 25.6. The Morgan fingerprint density at radius 1 is 0.974 bits per heavy atom. The minimum absolute atomic E-state index is 0.209. The minimum atomic E-state index is -0.221. The van der Waals surface area contributed by atoms with Crippen LogP contribution in [-0.2, 0) is 4.74 Å². The molecule has 0 saturated carbocycles. The van der Waals surface area contributed by atoms with Crippen molar-refractivity contribution >= 4 is 57.8 Å². The molecule has 39 heavy (non-hydrogen) atoms. The highest BCUT2D eigenvalue weighted by Crippen LogP contribution is 2.45. The van der Waals surface area contributed by atoms with Crippen LogP contribution < -0.4 is 15.0 Å². The summed E-state index contributed by atoms with van der Waals surface area (Å²) in [6.07, 6.45) is 1.79. The van der Waals surface area contributed by atoms with E-state index in [-0.39, 0.29) is 12.1 Å². The first kappa shape index (κ1) is 27.7. The number of rotatable bonds is 8. The van der Waals surface area contributed by atoms with E-state index in [1.807, 2.05) is 48.5 Å². The van der Waals surface area contributed by atoms with Crippen LogP contribution in [0.3, 0.4) is 0 Å². The van der Waals surface area contributed by atoms with E-state index in [1.54, 1.807) is 19.4 Å². The maximum Gasteiger partial charge on any atom is 0.174 e. The zero-order chi connectivity index (χ0) is 27.7. The molecule has 0 radical (unpaired) electrons. The van der Waals surface area contributed by atoms with Gasteiger partial charge in [0.25, 0.3) is 0 Å². The van der Waals surface area contributed by atoms with Gasteiger partial charge in [-0.15, -0.1) is 0 Å². The van der Waals surface area contributed by atoms with Crippen LogP contribution in [0.5, 0.6) is 5.75 Å². The Balaban J connectivity index is 1.62. The van der Waals surface area contributed by atoms with Gasteiger partial charge in [-0.25, -0.2) is 0 Å². The molecular weight excluding hydrogens is 575 g/mol. The van der Waals surface area contributed by atoms with Crippen molar-refractivity contribution in [2.45, 2.75) is 25.9 Å². The van der Waals surface area contributed by atoms with Crippen molar-refractivity contribution in [2.24, 2.45) is 0 Å². The standard InChI is InChI=1S/C29H27Cl3N4O2S/c1-17-15-20(18(2)35(17)24-9-6-7-21(30)26(24)32)28-27(23-8-4-5-12-33-23)34-29(39)36(28)19-10-11-25(22(31)16-19)38-14-13-37-3/h4-12,15-16,27-28H,13-14H2,1-3H3,(H,34,39). The van der Waals surface area contributed by atoms with Crippen LogP contribution >= 0.6 is 47.0 Å². The Morgan fingerprint density at radius 2 is 1.79 bits per heavy atom. The molecule has 2 atom stereocenters. The van der Waals surface area contributed by atoms with Gasteiger partial charge in [-0.1, -0.05) is 46.9 Å². The molecule has 1 aliphatic rings. The highest BCUT2D eigenvalue weighted by molar-refractivity contribution is 7.80. The van der Waals surface area contributed by atoms with E-state index in [2.05, 4.69) is 39.7 Å². The molecule has 0 aliphatic carbocycles. The van der Waals surface area contributed by atoms with Crippen molar-refractivity contribution < 1.29 is 9.47 Å². The molecule has 0 bridgehead atoms. The van der Waals surface area contributed by atoms with Crippen LogP contribution in [0, 0.1) is 13.8 Å². The molecule has 202 valence electrons. The van der Waals surface area contributed by atoms with Gasteiger partial charge in [0.1, 0.15) is 12.4 Å². The highest BCUT2D eigenvalue weighted by Gasteiger charge is 2.42. The van der Waals surface area contributed by atoms with Crippen molar-refractivity contribution in [1.82, 2.24) is 14.9 Å². The molecule has 6 nitrogen and oxygen atoms in total. The second kappa shape index (κ2) is 11.7. The van der Waals surface area contributed by atoms with Gasteiger partial charge in [0.05, 0.1) is 45.1 Å². The van der Waals surface area contributed by atoms with E-state index in [4.69, 9.17) is 56.5 Å². The number of halogens is 3. The van der Waals surface area contributed by atoms with E-state index in [0.29, 0.717) is 39.1 Å². The fourth-order valence-corrected chi connectivity index (χ4v) is 6.02. The van der Waals surface area contributed by atoms with Crippen LogP contribution in [0.15, 0.2) is 66.9 Å². The van der Waals surface area contributed by atoms with Gasteiger partial charge in [-0.05, 0) is 80.2 Å². The van der Waals surface area contributed by atoms with Gasteiger partial charge in [-0.3, -0.25) is 4.98 Å². The number of hydrogen-bond acceptors (Lipinski definition) is 4. The lowest BCUT2D eigenvalue weighted by atomic mass is 9.96. The van der Waals surface area contributed by atoms with E-state index in [9.17, 15) is 0 Å². The van der Waals surface area contributed by atoms with Gasteiger partial charge in [0.2, 0.25) is 0 Å². The maximum absolute atomic E-state index is 6.65. The van der Waals surface area contributed by atoms with Gasteiger partial charge in [0, 0.05) is 30.4 Å². The summed E-state index contributed by atoms with van der Waals surface area (Å²) in [5, 5.41) is 5.57. The number of ether oxygens (including phenoxy) is 2. The third-order valence-electron chi connectivity index (χ3n) is 6.80. The molecule has 5 rings (SSSR count). The van der Waals surface area contributed by atoms with E-state index in [1.165, 1.54) is 0 Å². The summed E-state index contributed by atoms with van der Waals surface area (Å²) in [5.74, 6) is 0.585. The van der Waals surface area contributed by atoms with E-state index < -0.39 is 0 Å². The largest absolute Gasteiger partial charge is 0.490 e. The van der Waals surface area contributed by atoms with Gasteiger partial charge < -0.3 is 24.3 Å². The Bertz CT molecular complexity index is 1510. The number of hydrogen-bond donors (Lipinski definition) is 1. The lowest BCUT2D eigenvalue weighted by molar-refractivity contribution is 0.146. The smallest absolute Gasteiger partial charge is 0.174 e. The van der Waals surface area contributed by atoms with Crippen molar-refractivity contribution in [3.8, 4) is 11.4 Å². The highest BCUT2D eigenvalue weighted by atomic mass is 35.5. The molecule has 0 spiro atoms. The Kier molecular flexibility index (Phi) is 8.35. The van der Waals surface area contributed by atoms with Gasteiger partial charge >= 0.3 is 0 Å². The predicted molar refractivity (Wildman–Crippen MR) is 162 cm³/mol. The second-order valence-corrected chi connectivity index (χ2v) is 10.8. The molecule has 1 fully saturated rings. The molecular formula is C29H27Cl3N4O2S. The molecule has 0 amide bonds. The zero-order valence-corrected chi connectivity index (χ0v) is 24.7. The number of anilines is 1. The molecule has 2 aromatic heterocycles. The molecule has 3 heterocycles. The first-order valence-electron chi connectivity index (χ1n) is 12.4. The Morgan fingerprint density at radius 3 is 2.51 bits per heavy atom. The number of nitrogens with zero attached hydrogens (tertiary/aromatic N) is 3. The first-order chi connectivity index (χ1) is 18.8. The summed E-state index contributed by atoms with van der Waals surface area (Å²) < 4.78 is 13.0. The van der Waals surface area contributed by atoms with Crippen molar-refractivity contribution in [3.05, 3.63) is 105 Å². The molecule has 4 aromatic rings. The maximum atomic E-state index is 6.65. The van der Waals surface area contributed by atoms with Crippen LogP contribution in [0.25, 0.3) is 5.69 Å². The Hall–Kier alpha value is -2.81. The van der Waals surface area contributed by atoms with Gasteiger partial charge in [0.15, 0.2) is 5.11 Å². The number of aryl methyl sites for hydroxylation is 1. The quantitative estimate of drug-likeness (QED) is 0.165. The summed E-state index contributed by atoms with van der Waals surface area (Å²) in [6.45, 7) is 5.01. The number of aromatic nitrogens is 2. The van der Waals surface area contributed by atoms with Crippen molar-refractivity contribution in [2.75, 3.05) is 25.2 Å². The summed E-state index contributed by atoms with van der Waals surface area (Å²) in [4.78, 5) is 6.75.